The van der Waals surface area contributed by atoms with Crippen LogP contribution in [0.4, 0.5) is 4.39 Å². The summed E-state index contributed by atoms with van der Waals surface area (Å²) in [5.74, 6) is 1.02. The molecule has 0 saturated heterocycles. The van der Waals surface area contributed by atoms with E-state index in [1.54, 1.807) is 6.07 Å². The second-order valence-corrected chi connectivity index (χ2v) is 6.95. The van der Waals surface area contributed by atoms with Gasteiger partial charge in [-0.15, -0.1) is 0 Å². The first kappa shape index (κ1) is 15.3. The van der Waals surface area contributed by atoms with Crippen LogP contribution < -0.4 is 0 Å². The van der Waals surface area contributed by atoms with Gasteiger partial charge in [-0.3, -0.25) is 0 Å². The minimum absolute atomic E-state index is 0.182. The van der Waals surface area contributed by atoms with Gasteiger partial charge in [0.1, 0.15) is 5.82 Å². The number of nitrogens with one attached hydrogen (secondary N) is 1. The Kier molecular flexibility index (Phi) is 5.70. The van der Waals surface area contributed by atoms with Crippen molar-refractivity contribution in [2.24, 2.45) is 0 Å². The number of fused-ring (bicyclic) bond motifs is 1. The van der Waals surface area contributed by atoms with E-state index in [4.69, 9.17) is 12.2 Å². The highest BCUT2D eigenvalue weighted by molar-refractivity contribution is 14.1. The van der Waals surface area contributed by atoms with E-state index in [0.29, 0.717) is 8.34 Å². The van der Waals surface area contributed by atoms with Gasteiger partial charge in [0.05, 0.1) is 14.6 Å². The zero-order valence-corrected chi connectivity index (χ0v) is 14.5. The molecule has 1 aromatic carbocycles. The SMILES string of the molecule is CSCCCCCn1c(=S)[nH]c2cc(I)c(F)cc21. The van der Waals surface area contributed by atoms with E-state index < -0.39 is 0 Å². The molecule has 2 rings (SSSR count). The molecular formula is C13H16FIN2S2. The highest BCUT2D eigenvalue weighted by atomic mass is 127. The largest absolute Gasteiger partial charge is 0.331 e. The van der Waals surface area contributed by atoms with Crippen molar-refractivity contribution in [3.63, 3.8) is 0 Å². The van der Waals surface area contributed by atoms with Crippen LogP contribution >= 0.6 is 46.6 Å². The van der Waals surface area contributed by atoms with Gasteiger partial charge in [-0.2, -0.15) is 11.8 Å². The Morgan fingerprint density at radius 3 is 2.89 bits per heavy atom. The van der Waals surface area contributed by atoms with E-state index in [-0.39, 0.29) is 5.82 Å². The molecular weight excluding hydrogens is 394 g/mol. The number of thioether (sulfide) groups is 1. The maximum Gasteiger partial charge on any atom is 0.178 e. The number of rotatable bonds is 6. The molecule has 19 heavy (non-hydrogen) atoms. The fraction of sp³-hybridized carbons (Fsp3) is 0.462. The third-order valence-electron chi connectivity index (χ3n) is 3.05. The lowest BCUT2D eigenvalue weighted by Gasteiger charge is -2.05. The molecule has 6 heteroatoms. The van der Waals surface area contributed by atoms with Gasteiger partial charge in [-0.25, -0.2) is 4.39 Å². The summed E-state index contributed by atoms with van der Waals surface area (Å²) in [5.41, 5.74) is 1.78. The van der Waals surface area contributed by atoms with Crippen molar-refractivity contribution < 1.29 is 4.39 Å². The van der Waals surface area contributed by atoms with Crippen LogP contribution in [0.25, 0.3) is 11.0 Å². The van der Waals surface area contributed by atoms with Crippen LogP contribution in [0.15, 0.2) is 12.1 Å². The number of imidazole rings is 1. The van der Waals surface area contributed by atoms with Crippen LogP contribution in [0.2, 0.25) is 0 Å². The quantitative estimate of drug-likeness (QED) is 0.412. The summed E-state index contributed by atoms with van der Waals surface area (Å²) in [4.78, 5) is 3.15. The van der Waals surface area contributed by atoms with Gasteiger partial charge in [0.15, 0.2) is 4.77 Å². The zero-order valence-electron chi connectivity index (χ0n) is 10.7. The van der Waals surface area contributed by atoms with E-state index >= 15 is 0 Å². The monoisotopic (exact) mass is 410 g/mol. The van der Waals surface area contributed by atoms with Gasteiger partial charge in [-0.05, 0) is 65.7 Å². The third kappa shape index (κ3) is 3.72. The number of halogens is 2. The molecule has 1 aromatic heterocycles. The number of hydrogen-bond acceptors (Lipinski definition) is 2. The van der Waals surface area contributed by atoms with E-state index in [1.807, 2.05) is 45.0 Å². The number of aromatic amines is 1. The van der Waals surface area contributed by atoms with Gasteiger partial charge >= 0.3 is 0 Å². The lowest BCUT2D eigenvalue weighted by atomic mass is 10.2. The maximum atomic E-state index is 13.7. The van der Waals surface area contributed by atoms with E-state index in [0.717, 1.165) is 24.0 Å². The Bertz CT molecular complexity index is 621. The summed E-state index contributed by atoms with van der Waals surface area (Å²) in [6.07, 6.45) is 5.61. The first-order valence-corrected chi connectivity index (χ1v) is 9.08. The van der Waals surface area contributed by atoms with Crippen LogP contribution in [0.3, 0.4) is 0 Å². The average Bonchev–Trinajstić information content (AvgIpc) is 2.66. The summed E-state index contributed by atoms with van der Waals surface area (Å²) in [5, 5.41) is 0. The number of nitrogens with zero attached hydrogens (tertiary/aromatic N) is 1. The molecule has 0 amide bonds. The molecule has 0 bridgehead atoms. The van der Waals surface area contributed by atoms with Gasteiger partial charge in [0.25, 0.3) is 0 Å². The van der Waals surface area contributed by atoms with Crippen LogP contribution in [0, 0.1) is 14.2 Å². The van der Waals surface area contributed by atoms with Gasteiger partial charge in [0, 0.05) is 12.6 Å². The highest BCUT2D eigenvalue weighted by Gasteiger charge is 2.08. The van der Waals surface area contributed by atoms with E-state index in [2.05, 4.69) is 11.2 Å². The van der Waals surface area contributed by atoms with Crippen LogP contribution in [0.1, 0.15) is 19.3 Å². The second kappa shape index (κ2) is 7.08. The van der Waals surface area contributed by atoms with Crippen molar-refractivity contribution in [3.05, 3.63) is 26.3 Å². The van der Waals surface area contributed by atoms with Crippen molar-refractivity contribution >= 4 is 57.6 Å². The molecule has 104 valence electrons. The topological polar surface area (TPSA) is 20.7 Å². The standard InChI is InChI=1S/C13H16FIN2S2/c1-19-6-4-2-3-5-17-12-7-9(14)10(15)8-11(12)16-13(17)18/h7-8H,2-6H2,1H3,(H,16,18). The summed E-state index contributed by atoms with van der Waals surface area (Å²) >= 11 is 9.19. The van der Waals surface area contributed by atoms with Gasteiger partial charge < -0.3 is 9.55 Å². The number of unbranched alkanes of at least 4 members (excludes halogenated alkanes) is 2. The molecule has 0 aliphatic heterocycles. The van der Waals surface area contributed by atoms with Gasteiger partial charge in [0.2, 0.25) is 0 Å². The highest BCUT2D eigenvalue weighted by Crippen LogP contribution is 2.21. The summed E-state index contributed by atoms with van der Waals surface area (Å²) in [6, 6.07) is 3.39. The van der Waals surface area contributed by atoms with Gasteiger partial charge in [-0.1, -0.05) is 6.42 Å². The number of H-pyrrole nitrogens is 1. The first-order chi connectivity index (χ1) is 9.13. The fourth-order valence-electron chi connectivity index (χ4n) is 2.07. The van der Waals surface area contributed by atoms with Crippen LogP contribution in [-0.2, 0) is 6.54 Å². The minimum Gasteiger partial charge on any atom is -0.331 e. The molecule has 2 nitrogen and oxygen atoms in total. The van der Waals surface area contributed by atoms with Crippen molar-refractivity contribution in [2.45, 2.75) is 25.8 Å². The number of aryl methyl sites for hydroxylation is 1. The summed E-state index contributed by atoms with van der Waals surface area (Å²) in [7, 11) is 0. The molecule has 0 radical (unpaired) electrons. The van der Waals surface area contributed by atoms with Crippen molar-refractivity contribution in [1.82, 2.24) is 9.55 Å². The molecule has 2 aromatic rings. The first-order valence-electron chi connectivity index (χ1n) is 6.20. The lowest BCUT2D eigenvalue weighted by Crippen LogP contribution is -1.98. The fourth-order valence-corrected chi connectivity index (χ4v) is 3.33. The molecule has 0 aliphatic carbocycles. The Morgan fingerprint density at radius 1 is 1.37 bits per heavy atom. The predicted molar refractivity (Wildman–Crippen MR) is 92.0 cm³/mol. The average molecular weight is 410 g/mol. The van der Waals surface area contributed by atoms with Crippen molar-refractivity contribution in [1.29, 1.82) is 0 Å². The van der Waals surface area contributed by atoms with Crippen LogP contribution in [-0.4, -0.2) is 21.6 Å². The number of hydrogen-bond donors (Lipinski definition) is 1. The molecule has 0 aliphatic rings. The normalized spacial score (nSPS) is 11.3. The molecule has 1 N–H and O–H groups in total. The Morgan fingerprint density at radius 2 is 2.16 bits per heavy atom. The molecule has 0 unspecified atom stereocenters. The lowest BCUT2D eigenvalue weighted by molar-refractivity contribution is 0.604. The molecule has 0 fully saturated rings. The Balaban J connectivity index is 2.16. The second-order valence-electron chi connectivity index (χ2n) is 4.42. The van der Waals surface area contributed by atoms with Crippen molar-refractivity contribution in [2.75, 3.05) is 12.0 Å². The smallest absolute Gasteiger partial charge is 0.178 e. The number of benzene rings is 1. The molecule has 0 spiro atoms. The molecule has 1 heterocycles. The predicted octanol–water partition coefficient (Wildman–Crippen LogP) is 4.98. The van der Waals surface area contributed by atoms with Crippen molar-refractivity contribution in [3.8, 4) is 0 Å². The maximum absolute atomic E-state index is 13.7. The van der Waals surface area contributed by atoms with Crippen LogP contribution in [0.5, 0.6) is 0 Å². The Hall–Kier alpha value is -0.0800. The number of aromatic nitrogens is 2. The Labute approximate surface area is 135 Å². The van der Waals surface area contributed by atoms with E-state index in [1.165, 1.54) is 18.6 Å². The summed E-state index contributed by atoms with van der Waals surface area (Å²) in [6.45, 7) is 0.854. The van der Waals surface area contributed by atoms with E-state index in [9.17, 15) is 4.39 Å². The summed E-state index contributed by atoms with van der Waals surface area (Å²) < 4.78 is 17.0. The minimum atomic E-state index is -0.182. The molecule has 0 saturated carbocycles. The third-order valence-corrected chi connectivity index (χ3v) is 4.89. The molecule has 0 atom stereocenters. The zero-order chi connectivity index (χ0) is 13.8.